The molecule has 0 spiro atoms. The molecule has 28 heavy (non-hydrogen) atoms. The molecule has 0 saturated heterocycles. The highest BCUT2D eigenvalue weighted by molar-refractivity contribution is 7.27. The zero-order valence-corrected chi connectivity index (χ0v) is 17.8. The van der Waals surface area contributed by atoms with Crippen molar-refractivity contribution >= 4 is 56.0 Å². The maximum absolute atomic E-state index is 7.05. The van der Waals surface area contributed by atoms with Crippen molar-refractivity contribution < 1.29 is 0 Å². The molecule has 0 aliphatic heterocycles. The lowest BCUT2D eigenvalue weighted by molar-refractivity contribution is 1.71. The summed E-state index contributed by atoms with van der Waals surface area (Å²) < 4.78 is 0. The lowest BCUT2D eigenvalue weighted by atomic mass is 9.89. The SMILES string of the molecule is C[Si](C)(Cl)c1c2ccccc2c(-c2cccc3ccccc23)c2ccccc12. The van der Waals surface area contributed by atoms with Crippen LogP contribution in [0.3, 0.4) is 0 Å². The van der Waals surface area contributed by atoms with Crippen molar-refractivity contribution in [3.05, 3.63) is 91.0 Å². The van der Waals surface area contributed by atoms with Gasteiger partial charge in [0.15, 0.2) is 7.38 Å². The highest BCUT2D eigenvalue weighted by atomic mass is 35.6. The summed E-state index contributed by atoms with van der Waals surface area (Å²) in [5.74, 6) is 0. The molecule has 0 amide bonds. The molecular weight excluding hydrogens is 376 g/mol. The van der Waals surface area contributed by atoms with E-state index in [0.717, 1.165) is 0 Å². The molecule has 136 valence electrons. The van der Waals surface area contributed by atoms with Crippen molar-refractivity contribution in [1.29, 1.82) is 0 Å². The van der Waals surface area contributed by atoms with Gasteiger partial charge < -0.3 is 0 Å². The van der Waals surface area contributed by atoms with Crippen LogP contribution < -0.4 is 5.19 Å². The summed E-state index contributed by atoms with van der Waals surface area (Å²) in [6.07, 6.45) is 0. The molecule has 0 aromatic heterocycles. The molecule has 0 nitrogen and oxygen atoms in total. The zero-order valence-electron chi connectivity index (χ0n) is 16.0. The van der Waals surface area contributed by atoms with Crippen LogP contribution in [0.2, 0.25) is 13.1 Å². The van der Waals surface area contributed by atoms with Crippen LogP contribution in [0.4, 0.5) is 0 Å². The summed E-state index contributed by atoms with van der Waals surface area (Å²) in [5, 5.41) is 9.04. The van der Waals surface area contributed by atoms with Gasteiger partial charge in [-0.05, 0) is 48.6 Å². The van der Waals surface area contributed by atoms with Crippen LogP contribution in [0.5, 0.6) is 0 Å². The van der Waals surface area contributed by atoms with E-state index in [-0.39, 0.29) is 0 Å². The van der Waals surface area contributed by atoms with Crippen LogP contribution in [0.1, 0.15) is 0 Å². The minimum Gasteiger partial charge on any atom is -0.161 e. The lowest BCUT2D eigenvalue weighted by Gasteiger charge is -2.23. The van der Waals surface area contributed by atoms with E-state index >= 15 is 0 Å². The Morgan fingerprint density at radius 2 is 1.00 bits per heavy atom. The van der Waals surface area contributed by atoms with Crippen molar-refractivity contribution in [2.24, 2.45) is 0 Å². The van der Waals surface area contributed by atoms with Gasteiger partial charge in [0.25, 0.3) is 0 Å². The zero-order chi connectivity index (χ0) is 19.3. The third kappa shape index (κ3) is 2.66. The van der Waals surface area contributed by atoms with Crippen LogP contribution >= 0.6 is 11.1 Å². The fourth-order valence-corrected chi connectivity index (χ4v) is 6.83. The van der Waals surface area contributed by atoms with Gasteiger partial charge >= 0.3 is 0 Å². The van der Waals surface area contributed by atoms with Crippen LogP contribution in [0, 0.1) is 0 Å². The number of hydrogen-bond donors (Lipinski definition) is 0. The molecule has 0 radical (unpaired) electrons. The number of hydrogen-bond acceptors (Lipinski definition) is 0. The second-order valence-corrected chi connectivity index (χ2v) is 14.1. The fourth-order valence-electron chi connectivity index (χ4n) is 4.50. The minimum absolute atomic E-state index is 1.27. The number of halogens is 1. The molecule has 5 rings (SSSR count). The first-order chi connectivity index (χ1) is 13.6. The van der Waals surface area contributed by atoms with Crippen LogP contribution in [0.25, 0.3) is 43.4 Å². The van der Waals surface area contributed by atoms with Gasteiger partial charge in [0.2, 0.25) is 0 Å². The Labute approximate surface area is 171 Å². The van der Waals surface area contributed by atoms with Gasteiger partial charge in [-0.1, -0.05) is 104 Å². The van der Waals surface area contributed by atoms with Crippen molar-refractivity contribution in [1.82, 2.24) is 0 Å². The molecule has 0 aliphatic rings. The van der Waals surface area contributed by atoms with E-state index in [2.05, 4.69) is 104 Å². The van der Waals surface area contributed by atoms with Gasteiger partial charge in [-0.3, -0.25) is 0 Å². The monoisotopic (exact) mass is 396 g/mol. The summed E-state index contributed by atoms with van der Waals surface area (Å²) in [6, 6.07) is 32.7. The molecule has 2 heteroatoms. The summed E-state index contributed by atoms with van der Waals surface area (Å²) in [6.45, 7) is 4.45. The highest BCUT2D eigenvalue weighted by Crippen LogP contribution is 2.39. The first kappa shape index (κ1) is 17.5. The minimum atomic E-state index is -2.07. The fraction of sp³-hybridized carbons (Fsp3) is 0.0769. The first-order valence-corrected chi connectivity index (χ1v) is 13.7. The first-order valence-electron chi connectivity index (χ1n) is 9.67. The van der Waals surface area contributed by atoms with Crippen molar-refractivity contribution in [3.8, 4) is 11.1 Å². The number of benzene rings is 5. The summed E-state index contributed by atoms with van der Waals surface area (Å²) in [5.41, 5.74) is 2.59. The molecule has 0 aliphatic carbocycles. The third-order valence-electron chi connectivity index (χ3n) is 5.58. The molecular formula is C26H21ClSi. The second-order valence-electron chi connectivity index (χ2n) is 7.84. The Balaban J connectivity index is 2.06. The van der Waals surface area contributed by atoms with Gasteiger partial charge in [0.1, 0.15) is 0 Å². The average molecular weight is 397 g/mol. The summed E-state index contributed by atoms with van der Waals surface area (Å²) in [4.78, 5) is 0. The molecule has 0 atom stereocenters. The molecule has 0 saturated carbocycles. The molecule has 0 fully saturated rings. The van der Waals surface area contributed by atoms with Crippen LogP contribution in [0.15, 0.2) is 91.0 Å². The van der Waals surface area contributed by atoms with E-state index in [1.165, 1.54) is 48.6 Å². The second kappa shape index (κ2) is 6.48. The van der Waals surface area contributed by atoms with Crippen molar-refractivity contribution in [2.45, 2.75) is 13.1 Å². The number of rotatable bonds is 2. The van der Waals surface area contributed by atoms with E-state index in [9.17, 15) is 0 Å². The van der Waals surface area contributed by atoms with Gasteiger partial charge in [-0.15, -0.1) is 0 Å². The number of fused-ring (bicyclic) bond motifs is 3. The predicted octanol–water partition coefficient (Wildman–Crippen LogP) is 7.46. The van der Waals surface area contributed by atoms with Gasteiger partial charge in [-0.2, -0.15) is 11.1 Å². The van der Waals surface area contributed by atoms with Gasteiger partial charge in [-0.25, -0.2) is 0 Å². The van der Waals surface area contributed by atoms with E-state index in [4.69, 9.17) is 11.1 Å². The third-order valence-corrected chi connectivity index (χ3v) is 7.88. The summed E-state index contributed by atoms with van der Waals surface area (Å²) in [7, 11) is -2.07. The molecule has 5 aromatic carbocycles. The molecule has 0 unspecified atom stereocenters. The Hall–Kier alpha value is -2.61. The lowest BCUT2D eigenvalue weighted by Crippen LogP contribution is -2.36. The van der Waals surface area contributed by atoms with Crippen molar-refractivity contribution in [2.75, 3.05) is 0 Å². The maximum atomic E-state index is 7.05. The van der Waals surface area contributed by atoms with Gasteiger partial charge in [0.05, 0.1) is 0 Å². The predicted molar refractivity (Wildman–Crippen MR) is 127 cm³/mol. The molecule has 0 heterocycles. The summed E-state index contributed by atoms with van der Waals surface area (Å²) >= 11 is 7.05. The molecule has 5 aromatic rings. The van der Waals surface area contributed by atoms with E-state index in [1.807, 2.05) is 0 Å². The smallest absolute Gasteiger partial charge is 0.161 e. The topological polar surface area (TPSA) is 0 Å². The Bertz CT molecular complexity index is 1280. The standard InChI is InChI=1S/C26H21ClSi/c1-28(2,27)26-23-15-7-5-13-21(23)25(22-14-6-8-16-24(22)26)20-17-9-11-18-10-3-4-12-19(18)20/h3-17H,1-2H3. The molecule has 0 bridgehead atoms. The van der Waals surface area contributed by atoms with Crippen LogP contribution in [-0.4, -0.2) is 7.38 Å². The molecule has 0 N–H and O–H groups in total. The normalized spacial score (nSPS) is 12.1. The Kier molecular flexibility index (Phi) is 4.04. The Morgan fingerprint density at radius 1 is 0.536 bits per heavy atom. The van der Waals surface area contributed by atoms with E-state index in [1.54, 1.807) is 0 Å². The van der Waals surface area contributed by atoms with Gasteiger partial charge in [0, 0.05) is 0 Å². The Morgan fingerprint density at radius 3 is 1.57 bits per heavy atom. The van der Waals surface area contributed by atoms with Crippen LogP contribution in [-0.2, 0) is 0 Å². The van der Waals surface area contributed by atoms with E-state index < -0.39 is 7.38 Å². The quantitative estimate of drug-likeness (QED) is 0.165. The van der Waals surface area contributed by atoms with Crippen molar-refractivity contribution in [3.63, 3.8) is 0 Å². The average Bonchev–Trinajstić information content (AvgIpc) is 2.70. The highest BCUT2D eigenvalue weighted by Gasteiger charge is 2.27. The van der Waals surface area contributed by atoms with E-state index in [0.29, 0.717) is 0 Å². The maximum Gasteiger partial charge on any atom is 0.182 e. The largest absolute Gasteiger partial charge is 0.182 e.